The van der Waals surface area contributed by atoms with Crippen molar-refractivity contribution in [1.82, 2.24) is 14.6 Å². The fraction of sp³-hybridized carbons (Fsp3) is 0.316. The van der Waals surface area contributed by atoms with Gasteiger partial charge in [-0.3, -0.25) is 0 Å². The summed E-state index contributed by atoms with van der Waals surface area (Å²) in [4.78, 5) is 16.3. The van der Waals surface area contributed by atoms with Crippen LogP contribution < -0.4 is 4.18 Å². The third kappa shape index (κ3) is 4.34. The average Bonchev–Trinajstić information content (AvgIpc) is 3.05. The summed E-state index contributed by atoms with van der Waals surface area (Å²) in [6.07, 6.45) is 1.02. The first-order valence-electron chi connectivity index (χ1n) is 9.34. The molecule has 0 radical (unpaired) electrons. The molecular formula is C19H16F5N3O5S. The van der Waals surface area contributed by atoms with E-state index < -0.39 is 56.2 Å². The lowest BCUT2D eigenvalue weighted by Gasteiger charge is -2.13. The molecule has 0 saturated heterocycles. The highest BCUT2D eigenvalue weighted by molar-refractivity contribution is 7.88. The van der Waals surface area contributed by atoms with Crippen LogP contribution >= 0.6 is 0 Å². The van der Waals surface area contributed by atoms with Crippen molar-refractivity contribution in [2.75, 3.05) is 6.61 Å². The zero-order valence-electron chi connectivity index (χ0n) is 17.3. The Morgan fingerprint density at radius 1 is 1.21 bits per heavy atom. The Labute approximate surface area is 184 Å². The topological polar surface area (TPSA) is 99.9 Å². The highest BCUT2D eigenvalue weighted by Gasteiger charge is 2.49. The van der Waals surface area contributed by atoms with Crippen molar-refractivity contribution in [1.29, 1.82) is 0 Å². The number of benzene rings is 1. The molecule has 0 fully saturated rings. The van der Waals surface area contributed by atoms with E-state index in [1.165, 1.54) is 0 Å². The number of alkyl halides is 3. The van der Waals surface area contributed by atoms with Gasteiger partial charge in [-0.25, -0.2) is 23.1 Å². The van der Waals surface area contributed by atoms with E-state index in [0.29, 0.717) is 0 Å². The smallest absolute Gasteiger partial charge is 0.462 e. The molecule has 0 amide bonds. The van der Waals surface area contributed by atoms with Gasteiger partial charge in [-0.1, -0.05) is 26.0 Å². The highest BCUT2D eigenvalue weighted by Crippen LogP contribution is 2.39. The maximum atomic E-state index is 14.6. The maximum absolute atomic E-state index is 14.6. The quantitative estimate of drug-likeness (QED) is 0.220. The van der Waals surface area contributed by atoms with Crippen molar-refractivity contribution in [3.63, 3.8) is 0 Å². The first kappa shape index (κ1) is 24.4. The van der Waals surface area contributed by atoms with E-state index in [0.717, 1.165) is 28.9 Å². The van der Waals surface area contributed by atoms with Gasteiger partial charge in [0.05, 0.1) is 23.4 Å². The summed E-state index contributed by atoms with van der Waals surface area (Å²) in [5.74, 6) is -5.40. The third-order valence-corrected chi connectivity index (χ3v) is 5.33. The van der Waals surface area contributed by atoms with Gasteiger partial charge in [0.25, 0.3) is 5.88 Å². The molecule has 2 aromatic heterocycles. The molecule has 3 rings (SSSR count). The van der Waals surface area contributed by atoms with Crippen LogP contribution in [0.3, 0.4) is 0 Å². The van der Waals surface area contributed by atoms with Crippen LogP contribution in [0.2, 0.25) is 0 Å². The summed E-state index contributed by atoms with van der Waals surface area (Å²) in [7, 11) is -6.23. The fourth-order valence-corrected chi connectivity index (χ4v) is 3.47. The normalized spacial score (nSPS) is 12.4. The van der Waals surface area contributed by atoms with Crippen LogP contribution in [0.1, 0.15) is 42.7 Å². The number of halogens is 5. The van der Waals surface area contributed by atoms with Crippen molar-refractivity contribution >= 4 is 21.7 Å². The van der Waals surface area contributed by atoms with Crippen LogP contribution in [0, 0.1) is 11.6 Å². The molecule has 14 heteroatoms. The highest BCUT2D eigenvalue weighted by atomic mass is 32.2. The van der Waals surface area contributed by atoms with Crippen LogP contribution in [0.4, 0.5) is 22.0 Å². The second kappa shape index (κ2) is 8.57. The number of carbonyl (C=O) groups is 1. The molecule has 0 bridgehead atoms. The van der Waals surface area contributed by atoms with E-state index in [9.17, 15) is 35.2 Å². The van der Waals surface area contributed by atoms with E-state index in [1.807, 2.05) is 0 Å². The van der Waals surface area contributed by atoms with Gasteiger partial charge >= 0.3 is 21.6 Å². The van der Waals surface area contributed by atoms with Crippen molar-refractivity contribution in [2.45, 2.75) is 32.2 Å². The van der Waals surface area contributed by atoms with Crippen molar-refractivity contribution in [3.05, 3.63) is 47.3 Å². The van der Waals surface area contributed by atoms with E-state index in [4.69, 9.17) is 4.74 Å². The van der Waals surface area contributed by atoms with E-state index in [2.05, 4.69) is 14.3 Å². The zero-order valence-corrected chi connectivity index (χ0v) is 18.1. The molecule has 1 aromatic carbocycles. The first-order chi connectivity index (χ1) is 15.3. The van der Waals surface area contributed by atoms with Crippen LogP contribution in [-0.4, -0.2) is 41.1 Å². The summed E-state index contributed by atoms with van der Waals surface area (Å²) >= 11 is 0. The minimum absolute atomic E-state index is 0.00541. The van der Waals surface area contributed by atoms with Crippen molar-refractivity contribution in [3.8, 4) is 17.0 Å². The second-order valence-corrected chi connectivity index (χ2v) is 8.47. The van der Waals surface area contributed by atoms with Gasteiger partial charge in [0, 0.05) is 11.8 Å². The summed E-state index contributed by atoms with van der Waals surface area (Å²) in [5.41, 5.74) is -7.55. The second-order valence-electron chi connectivity index (χ2n) is 6.93. The van der Waals surface area contributed by atoms with E-state index in [1.54, 1.807) is 20.8 Å². The lowest BCUT2D eigenvalue weighted by molar-refractivity contribution is -0.0501. The summed E-state index contributed by atoms with van der Waals surface area (Å²) < 4.78 is 101. The lowest BCUT2D eigenvalue weighted by atomic mass is 10.0. The maximum Gasteiger partial charge on any atom is 0.534 e. The van der Waals surface area contributed by atoms with Gasteiger partial charge in [0.15, 0.2) is 17.3 Å². The SMILES string of the molecule is CCOC(=O)c1cnc2c(-c3cccc(F)c3F)c(OS(=O)(=O)C(F)(F)F)nn2c1C(C)C. The predicted octanol–water partition coefficient (Wildman–Crippen LogP) is 4.20. The van der Waals surface area contributed by atoms with Gasteiger partial charge in [-0.15, -0.1) is 5.10 Å². The largest absolute Gasteiger partial charge is 0.534 e. The number of rotatable bonds is 6. The molecular weight excluding hydrogens is 477 g/mol. The molecule has 0 N–H and O–H groups in total. The average molecular weight is 493 g/mol. The molecule has 178 valence electrons. The standard InChI is InChI=1S/C19H16F5N3O5S/c1-4-31-18(28)11-8-25-16-13(10-6-5-7-12(20)14(10)21)17(26-27(16)15(11)9(2)3)32-33(29,30)19(22,23)24/h5-9H,4H2,1-3H3. The Hall–Kier alpha value is -3.29. The molecule has 0 aliphatic carbocycles. The van der Waals surface area contributed by atoms with E-state index in [-0.39, 0.29) is 23.5 Å². The number of esters is 1. The van der Waals surface area contributed by atoms with Gasteiger partial charge in [-0.2, -0.15) is 21.6 Å². The number of fused-ring (bicyclic) bond motifs is 1. The predicted molar refractivity (Wildman–Crippen MR) is 104 cm³/mol. The van der Waals surface area contributed by atoms with Gasteiger partial charge in [0.1, 0.15) is 0 Å². The molecule has 0 unspecified atom stereocenters. The van der Waals surface area contributed by atoms with Gasteiger partial charge < -0.3 is 8.92 Å². The molecule has 2 heterocycles. The van der Waals surface area contributed by atoms with E-state index >= 15 is 0 Å². The molecule has 0 saturated carbocycles. The fourth-order valence-electron chi connectivity index (χ4n) is 3.05. The molecule has 0 aliphatic heterocycles. The van der Waals surface area contributed by atoms with Crippen molar-refractivity contribution < 1.29 is 44.1 Å². The van der Waals surface area contributed by atoms with Crippen LogP contribution in [0.15, 0.2) is 24.4 Å². The number of ether oxygens (including phenoxy) is 1. The Morgan fingerprint density at radius 2 is 1.88 bits per heavy atom. The Morgan fingerprint density at radius 3 is 2.45 bits per heavy atom. The number of aromatic nitrogens is 3. The van der Waals surface area contributed by atoms with Crippen LogP contribution in [-0.2, 0) is 14.9 Å². The molecule has 0 atom stereocenters. The number of hydrogen-bond donors (Lipinski definition) is 0. The van der Waals surface area contributed by atoms with Crippen LogP contribution in [0.5, 0.6) is 5.88 Å². The minimum atomic E-state index is -6.23. The summed E-state index contributed by atoms with van der Waals surface area (Å²) in [6, 6.07) is 2.79. The van der Waals surface area contributed by atoms with Gasteiger partial charge in [-0.05, 0) is 18.9 Å². The van der Waals surface area contributed by atoms with Gasteiger partial charge in [0.2, 0.25) is 0 Å². The summed E-state index contributed by atoms with van der Waals surface area (Å²) in [6.45, 7) is 4.76. The summed E-state index contributed by atoms with van der Waals surface area (Å²) in [5, 5.41) is 3.74. The van der Waals surface area contributed by atoms with Crippen molar-refractivity contribution in [2.24, 2.45) is 0 Å². The number of hydrogen-bond acceptors (Lipinski definition) is 7. The molecule has 0 aliphatic rings. The number of nitrogens with zero attached hydrogens (tertiary/aromatic N) is 3. The lowest BCUT2D eigenvalue weighted by Crippen LogP contribution is -2.28. The Kier molecular flexibility index (Phi) is 6.33. The third-order valence-electron chi connectivity index (χ3n) is 4.38. The van der Waals surface area contributed by atoms with Crippen LogP contribution in [0.25, 0.3) is 16.8 Å². The minimum Gasteiger partial charge on any atom is -0.462 e. The number of carbonyl (C=O) groups excluding carboxylic acids is 1. The molecule has 0 spiro atoms. The first-order valence-corrected chi connectivity index (χ1v) is 10.7. The molecule has 3 aromatic rings. The Balaban J connectivity index is 2.42. The monoisotopic (exact) mass is 493 g/mol. The zero-order chi connectivity index (χ0) is 24.7. The molecule has 8 nitrogen and oxygen atoms in total. The molecule has 33 heavy (non-hydrogen) atoms. The Bertz CT molecular complexity index is 1340.